The smallest absolute Gasteiger partial charge is 0.225 e. The van der Waals surface area contributed by atoms with Gasteiger partial charge >= 0.3 is 0 Å². The SMILES string of the molecule is C=Cc1cnc2c(-c3cc(C#N)c(N4CCN(C(=O)CCOC)[C@H](C5CC5)C4)nc3C3CC3)cccc2n1. The van der Waals surface area contributed by atoms with Gasteiger partial charge in [-0.2, -0.15) is 5.26 Å². The van der Waals surface area contributed by atoms with E-state index in [2.05, 4.69) is 22.5 Å². The quantitative estimate of drug-likeness (QED) is 0.441. The van der Waals surface area contributed by atoms with Gasteiger partial charge in [-0.15, -0.1) is 0 Å². The lowest BCUT2D eigenvalue weighted by molar-refractivity contribution is -0.135. The predicted molar refractivity (Wildman–Crippen MR) is 146 cm³/mol. The first kappa shape index (κ1) is 24.5. The van der Waals surface area contributed by atoms with Gasteiger partial charge in [-0.05, 0) is 49.8 Å². The van der Waals surface area contributed by atoms with Gasteiger partial charge in [0.1, 0.15) is 11.9 Å². The molecule has 3 heterocycles. The molecule has 3 aliphatic rings. The molecular weight excluding hydrogens is 476 g/mol. The Bertz CT molecular complexity index is 1440. The highest BCUT2D eigenvalue weighted by Crippen LogP contribution is 2.46. The van der Waals surface area contributed by atoms with E-state index in [4.69, 9.17) is 14.7 Å². The zero-order valence-electron chi connectivity index (χ0n) is 21.8. The van der Waals surface area contributed by atoms with Crippen LogP contribution in [0.25, 0.3) is 28.2 Å². The highest BCUT2D eigenvalue weighted by atomic mass is 16.5. The Kier molecular flexibility index (Phi) is 6.54. The minimum atomic E-state index is 0.151. The van der Waals surface area contributed by atoms with Crippen molar-refractivity contribution in [1.29, 1.82) is 5.26 Å². The second-order valence-corrected chi connectivity index (χ2v) is 10.5. The largest absolute Gasteiger partial charge is 0.384 e. The van der Waals surface area contributed by atoms with Crippen molar-refractivity contribution in [3.05, 3.63) is 54.0 Å². The number of ether oxygens (including phenoxy) is 1. The molecule has 8 heteroatoms. The Morgan fingerprint density at radius 2 is 2.05 bits per heavy atom. The Hall–Kier alpha value is -3.83. The number of amides is 1. The van der Waals surface area contributed by atoms with E-state index in [-0.39, 0.29) is 11.9 Å². The van der Waals surface area contributed by atoms with Gasteiger partial charge in [-0.25, -0.2) is 9.97 Å². The lowest BCUT2D eigenvalue weighted by atomic mass is 9.97. The molecule has 8 nitrogen and oxygen atoms in total. The van der Waals surface area contributed by atoms with E-state index in [1.165, 1.54) is 0 Å². The number of hydrogen-bond donors (Lipinski definition) is 0. The van der Waals surface area contributed by atoms with E-state index in [9.17, 15) is 10.1 Å². The van der Waals surface area contributed by atoms with Crippen molar-refractivity contribution in [3.63, 3.8) is 0 Å². The number of nitrogens with zero attached hydrogens (tertiary/aromatic N) is 6. The summed E-state index contributed by atoms with van der Waals surface area (Å²) in [5.74, 6) is 1.80. The Morgan fingerprint density at radius 1 is 1.21 bits per heavy atom. The molecule has 0 N–H and O–H groups in total. The van der Waals surface area contributed by atoms with Crippen LogP contribution in [0.5, 0.6) is 0 Å². The van der Waals surface area contributed by atoms with E-state index in [0.717, 1.165) is 65.0 Å². The van der Waals surface area contributed by atoms with Gasteiger partial charge in [0.05, 0.1) is 53.3 Å². The number of carbonyl (C=O) groups is 1. The van der Waals surface area contributed by atoms with Crippen LogP contribution in [0.4, 0.5) is 5.82 Å². The van der Waals surface area contributed by atoms with E-state index in [1.54, 1.807) is 19.4 Å². The molecule has 0 bridgehead atoms. The fourth-order valence-electron chi connectivity index (χ4n) is 5.63. The molecule has 38 heavy (non-hydrogen) atoms. The van der Waals surface area contributed by atoms with E-state index < -0.39 is 0 Å². The highest BCUT2D eigenvalue weighted by molar-refractivity contribution is 5.93. The molecule has 2 aromatic heterocycles. The summed E-state index contributed by atoms with van der Waals surface area (Å²) in [6, 6.07) is 10.6. The zero-order valence-corrected chi connectivity index (χ0v) is 21.8. The number of carbonyl (C=O) groups excluding carboxylic acids is 1. The fourth-order valence-corrected chi connectivity index (χ4v) is 5.63. The maximum Gasteiger partial charge on any atom is 0.225 e. The maximum absolute atomic E-state index is 12.9. The number of fused-ring (bicyclic) bond motifs is 1. The number of anilines is 1. The number of nitriles is 1. The molecule has 0 spiro atoms. The van der Waals surface area contributed by atoms with Crippen LogP contribution in [0.1, 0.15) is 55.0 Å². The van der Waals surface area contributed by atoms with Crippen LogP contribution in [0.2, 0.25) is 0 Å². The number of pyridine rings is 1. The second kappa shape index (κ2) is 10.1. The topological polar surface area (TPSA) is 95.2 Å². The van der Waals surface area contributed by atoms with Gasteiger partial charge in [0.2, 0.25) is 5.91 Å². The van der Waals surface area contributed by atoms with Crippen LogP contribution in [-0.2, 0) is 9.53 Å². The van der Waals surface area contributed by atoms with Gasteiger partial charge in [0, 0.05) is 43.8 Å². The average Bonchev–Trinajstić information content (AvgIpc) is 3.88. The molecule has 1 saturated heterocycles. The molecule has 194 valence electrons. The van der Waals surface area contributed by atoms with Crippen LogP contribution in [-0.4, -0.2) is 65.2 Å². The van der Waals surface area contributed by atoms with Crippen molar-refractivity contribution in [3.8, 4) is 17.2 Å². The number of benzene rings is 1. The third-order valence-corrected chi connectivity index (χ3v) is 7.93. The van der Waals surface area contributed by atoms with Crippen molar-refractivity contribution >= 4 is 28.8 Å². The van der Waals surface area contributed by atoms with Gasteiger partial charge in [-0.3, -0.25) is 9.78 Å². The number of rotatable bonds is 8. The first-order valence-electron chi connectivity index (χ1n) is 13.5. The molecule has 1 aromatic carbocycles. The Morgan fingerprint density at radius 3 is 2.76 bits per heavy atom. The summed E-state index contributed by atoms with van der Waals surface area (Å²) in [4.78, 5) is 31.7. The number of aromatic nitrogens is 3. The van der Waals surface area contributed by atoms with Gasteiger partial charge < -0.3 is 14.5 Å². The van der Waals surface area contributed by atoms with Crippen LogP contribution >= 0.6 is 0 Å². The van der Waals surface area contributed by atoms with Crippen molar-refractivity contribution in [1.82, 2.24) is 19.9 Å². The Balaban J connectivity index is 1.37. The summed E-state index contributed by atoms with van der Waals surface area (Å²) in [6.45, 7) is 6.26. The van der Waals surface area contributed by atoms with Gasteiger partial charge in [-0.1, -0.05) is 18.7 Å². The molecule has 0 radical (unpaired) electrons. The predicted octanol–water partition coefficient (Wildman–Crippen LogP) is 4.55. The zero-order chi connectivity index (χ0) is 26.2. The number of methoxy groups -OCH3 is 1. The van der Waals surface area contributed by atoms with Crippen LogP contribution in [0, 0.1) is 17.2 Å². The summed E-state index contributed by atoms with van der Waals surface area (Å²) in [6.07, 6.45) is 8.31. The molecule has 3 fully saturated rings. The van der Waals surface area contributed by atoms with Crippen molar-refractivity contribution < 1.29 is 9.53 Å². The third kappa shape index (κ3) is 4.63. The second-order valence-electron chi connectivity index (χ2n) is 10.5. The molecule has 1 atom stereocenters. The van der Waals surface area contributed by atoms with Crippen molar-refractivity contribution in [2.24, 2.45) is 5.92 Å². The Labute approximate surface area is 223 Å². The van der Waals surface area contributed by atoms with Crippen LogP contribution < -0.4 is 4.90 Å². The summed E-state index contributed by atoms with van der Waals surface area (Å²) >= 11 is 0. The molecular formula is C30H32N6O2. The minimum Gasteiger partial charge on any atom is -0.384 e. The molecule has 3 aromatic rings. The average molecular weight is 509 g/mol. The third-order valence-electron chi connectivity index (χ3n) is 7.93. The van der Waals surface area contributed by atoms with Gasteiger partial charge in [0.15, 0.2) is 0 Å². The lowest BCUT2D eigenvalue weighted by Crippen LogP contribution is -2.56. The van der Waals surface area contributed by atoms with E-state index in [1.807, 2.05) is 29.2 Å². The van der Waals surface area contributed by atoms with Crippen molar-refractivity contribution in [2.45, 2.75) is 44.1 Å². The first-order chi connectivity index (χ1) is 18.6. The summed E-state index contributed by atoms with van der Waals surface area (Å²) in [7, 11) is 1.63. The van der Waals surface area contributed by atoms with Gasteiger partial charge in [0.25, 0.3) is 0 Å². The summed E-state index contributed by atoms with van der Waals surface area (Å²) in [5.41, 5.74) is 5.83. The van der Waals surface area contributed by atoms with Crippen LogP contribution in [0.15, 0.2) is 37.0 Å². The number of para-hydroxylation sites is 1. The van der Waals surface area contributed by atoms with Crippen LogP contribution in [0.3, 0.4) is 0 Å². The number of hydrogen-bond acceptors (Lipinski definition) is 7. The molecule has 2 aliphatic carbocycles. The van der Waals surface area contributed by atoms with Crippen molar-refractivity contribution in [2.75, 3.05) is 38.3 Å². The molecule has 2 saturated carbocycles. The van der Waals surface area contributed by atoms with E-state index in [0.29, 0.717) is 50.1 Å². The summed E-state index contributed by atoms with van der Waals surface area (Å²) in [5, 5.41) is 10.2. The normalized spacial score (nSPS) is 19.4. The minimum absolute atomic E-state index is 0.151. The molecule has 6 rings (SSSR count). The first-order valence-corrected chi connectivity index (χ1v) is 13.5. The fraction of sp³-hybridized carbons (Fsp3) is 0.433. The highest BCUT2D eigenvalue weighted by Gasteiger charge is 2.41. The maximum atomic E-state index is 12.9. The number of piperazine rings is 1. The molecule has 0 unspecified atom stereocenters. The standard InChI is InChI=1S/C30H32N6O2/c1-3-22-17-32-29-23(5-4-6-25(29)33-22)24-15-21(16-31)30(34-28(24)20-9-10-20)35-12-13-36(27(37)11-14-38-2)26(18-35)19-7-8-19/h3-6,15,17,19-20,26H,1,7-14,18H2,2H3/t26-/m0/s1. The molecule has 1 aliphatic heterocycles. The summed E-state index contributed by atoms with van der Waals surface area (Å²) < 4.78 is 5.15. The monoisotopic (exact) mass is 508 g/mol. The molecule has 1 amide bonds. The lowest BCUT2D eigenvalue weighted by Gasteiger charge is -2.42. The van der Waals surface area contributed by atoms with E-state index >= 15 is 0 Å².